The van der Waals surface area contributed by atoms with E-state index < -0.39 is 35.7 Å². The molecule has 2 unspecified atom stereocenters. The Labute approximate surface area is 206 Å². The van der Waals surface area contributed by atoms with Gasteiger partial charge in [-0.25, -0.2) is 9.59 Å². The maximum absolute atomic E-state index is 13.0. The zero-order valence-corrected chi connectivity index (χ0v) is 20.8. The van der Waals surface area contributed by atoms with Crippen LogP contribution in [0.25, 0.3) is 0 Å². The van der Waals surface area contributed by atoms with Crippen LogP contribution in [0.2, 0.25) is 0 Å². The summed E-state index contributed by atoms with van der Waals surface area (Å²) < 4.78 is 21.0. The summed E-state index contributed by atoms with van der Waals surface area (Å²) in [5.41, 5.74) is 0.867. The minimum absolute atomic E-state index is 0.0618. The van der Waals surface area contributed by atoms with Gasteiger partial charge in [0.1, 0.15) is 30.0 Å². The second-order valence-corrected chi connectivity index (χ2v) is 8.86. The maximum atomic E-state index is 13.0. The molecule has 9 nitrogen and oxygen atoms in total. The van der Waals surface area contributed by atoms with E-state index in [1.807, 2.05) is 30.3 Å². The molecule has 0 aliphatic carbocycles. The van der Waals surface area contributed by atoms with E-state index in [1.165, 1.54) is 7.11 Å². The Morgan fingerprint density at radius 2 is 1.51 bits per heavy atom. The Kier molecular flexibility index (Phi) is 10.5. The van der Waals surface area contributed by atoms with Crippen LogP contribution in [0.3, 0.4) is 0 Å². The first kappa shape index (κ1) is 27.7. The minimum Gasteiger partial charge on any atom is -0.497 e. The van der Waals surface area contributed by atoms with Crippen LogP contribution in [-0.2, 0) is 36.8 Å². The molecule has 0 bridgehead atoms. The Bertz CT molecular complexity index is 956. The highest BCUT2D eigenvalue weighted by Gasteiger charge is 2.29. The number of hydrogen-bond acceptors (Lipinski definition) is 7. The molecule has 2 amide bonds. The quantitative estimate of drug-likeness (QED) is 0.470. The molecule has 2 aromatic rings. The zero-order valence-electron chi connectivity index (χ0n) is 20.8. The van der Waals surface area contributed by atoms with Crippen LogP contribution in [0.5, 0.6) is 5.75 Å². The van der Waals surface area contributed by atoms with Crippen molar-refractivity contribution in [2.24, 2.45) is 0 Å². The Balaban J connectivity index is 2.14. The number of benzene rings is 2. The molecule has 2 aromatic carbocycles. The van der Waals surface area contributed by atoms with Crippen LogP contribution in [0.15, 0.2) is 54.6 Å². The molecule has 0 aromatic heterocycles. The van der Waals surface area contributed by atoms with Crippen molar-refractivity contribution in [3.63, 3.8) is 0 Å². The van der Waals surface area contributed by atoms with Gasteiger partial charge in [0.2, 0.25) is 5.91 Å². The maximum Gasteiger partial charge on any atom is 0.408 e. The zero-order chi connectivity index (χ0) is 25.8. The number of rotatable bonds is 11. The van der Waals surface area contributed by atoms with Gasteiger partial charge in [0.25, 0.3) is 0 Å². The van der Waals surface area contributed by atoms with Crippen molar-refractivity contribution in [1.29, 1.82) is 0 Å². The lowest BCUT2D eigenvalue weighted by molar-refractivity contribution is -0.149. The van der Waals surface area contributed by atoms with Crippen molar-refractivity contribution in [3.8, 4) is 5.75 Å². The van der Waals surface area contributed by atoms with Gasteiger partial charge in [0, 0.05) is 13.5 Å². The van der Waals surface area contributed by atoms with Gasteiger partial charge in [-0.2, -0.15) is 0 Å². The fraction of sp³-hybridized carbons (Fsp3) is 0.423. The Morgan fingerprint density at radius 1 is 0.857 bits per heavy atom. The van der Waals surface area contributed by atoms with Crippen molar-refractivity contribution < 1.29 is 33.3 Å². The van der Waals surface area contributed by atoms with Gasteiger partial charge in [-0.3, -0.25) is 4.79 Å². The molecule has 2 rings (SSSR count). The van der Waals surface area contributed by atoms with Gasteiger partial charge in [0.15, 0.2) is 0 Å². The fourth-order valence-corrected chi connectivity index (χ4v) is 3.09. The molecule has 2 N–H and O–H groups in total. The molecule has 0 aliphatic heterocycles. The first-order valence-electron chi connectivity index (χ1n) is 11.2. The summed E-state index contributed by atoms with van der Waals surface area (Å²) in [7, 11) is 2.96. The van der Waals surface area contributed by atoms with Crippen molar-refractivity contribution in [1.82, 2.24) is 10.6 Å². The molecule has 0 spiro atoms. The highest BCUT2D eigenvalue weighted by molar-refractivity contribution is 5.90. The molecule has 0 saturated carbocycles. The molecule has 190 valence electrons. The van der Waals surface area contributed by atoms with E-state index in [0.717, 1.165) is 11.1 Å². The average Bonchev–Trinajstić information content (AvgIpc) is 2.81. The summed E-state index contributed by atoms with van der Waals surface area (Å²) in [6.07, 6.45) is -0.594. The van der Waals surface area contributed by atoms with Crippen LogP contribution in [-0.4, -0.2) is 56.5 Å². The highest BCUT2D eigenvalue weighted by Crippen LogP contribution is 2.14. The SMILES string of the molecule is COCC(NC(=O)OC(C)(C)C)C(=O)NC(Cc1ccc(OC)cc1)C(=O)OCc1ccccc1. The van der Waals surface area contributed by atoms with Gasteiger partial charge in [0.05, 0.1) is 13.7 Å². The summed E-state index contributed by atoms with van der Waals surface area (Å²) in [5.74, 6) is -0.540. The first-order valence-corrected chi connectivity index (χ1v) is 11.2. The molecule has 0 fully saturated rings. The standard InChI is InChI=1S/C26H34N2O7/c1-26(2,3)35-25(31)28-22(17-32-4)23(29)27-21(15-18-11-13-20(33-5)14-12-18)24(30)34-16-19-9-7-6-8-10-19/h6-14,21-22H,15-17H2,1-5H3,(H,27,29)(H,28,31). The topological polar surface area (TPSA) is 112 Å². The summed E-state index contributed by atoms with van der Waals surface area (Å²) in [5, 5.41) is 5.18. The monoisotopic (exact) mass is 486 g/mol. The second kappa shape index (κ2) is 13.3. The molecule has 0 radical (unpaired) electrons. The number of ether oxygens (including phenoxy) is 4. The molecule has 0 heterocycles. The lowest BCUT2D eigenvalue weighted by atomic mass is 10.1. The molecule has 35 heavy (non-hydrogen) atoms. The minimum atomic E-state index is -1.07. The van der Waals surface area contributed by atoms with Crippen LogP contribution in [0, 0.1) is 0 Å². The Hall–Kier alpha value is -3.59. The van der Waals surface area contributed by atoms with Crippen molar-refractivity contribution in [3.05, 3.63) is 65.7 Å². The predicted molar refractivity (Wildman–Crippen MR) is 130 cm³/mol. The van der Waals surface area contributed by atoms with Gasteiger partial charge in [-0.1, -0.05) is 42.5 Å². The number of hydrogen-bond donors (Lipinski definition) is 2. The van der Waals surface area contributed by atoms with Crippen molar-refractivity contribution in [2.75, 3.05) is 20.8 Å². The lowest BCUT2D eigenvalue weighted by Gasteiger charge is -2.24. The number of carbonyl (C=O) groups is 3. The van der Waals surface area contributed by atoms with Gasteiger partial charge in [-0.05, 0) is 44.0 Å². The normalized spacial score (nSPS) is 12.7. The number of esters is 1. The van der Waals surface area contributed by atoms with E-state index >= 15 is 0 Å². The van der Waals surface area contributed by atoms with E-state index in [0.29, 0.717) is 5.75 Å². The number of methoxy groups -OCH3 is 2. The summed E-state index contributed by atoms with van der Waals surface area (Å²) >= 11 is 0. The van der Waals surface area contributed by atoms with Gasteiger partial charge >= 0.3 is 12.1 Å². The lowest BCUT2D eigenvalue weighted by Crippen LogP contribution is -2.54. The van der Waals surface area contributed by atoms with E-state index in [2.05, 4.69) is 10.6 Å². The fourth-order valence-electron chi connectivity index (χ4n) is 3.09. The average molecular weight is 487 g/mol. The summed E-state index contributed by atoms with van der Waals surface area (Å²) in [6.45, 7) is 5.09. The summed E-state index contributed by atoms with van der Waals surface area (Å²) in [4.78, 5) is 38.2. The molecule has 0 saturated heterocycles. The van der Waals surface area contributed by atoms with Crippen LogP contribution >= 0.6 is 0 Å². The molecular weight excluding hydrogens is 452 g/mol. The van der Waals surface area contributed by atoms with Gasteiger partial charge in [-0.15, -0.1) is 0 Å². The number of amides is 2. The summed E-state index contributed by atoms with van der Waals surface area (Å²) in [6, 6.07) is 14.3. The van der Waals surface area contributed by atoms with E-state index in [9.17, 15) is 14.4 Å². The Morgan fingerprint density at radius 3 is 2.09 bits per heavy atom. The van der Waals surface area contributed by atoms with Crippen LogP contribution in [0.4, 0.5) is 4.79 Å². The molecule has 2 atom stereocenters. The van der Waals surface area contributed by atoms with E-state index in [-0.39, 0.29) is 19.6 Å². The third-order valence-corrected chi connectivity index (χ3v) is 4.76. The van der Waals surface area contributed by atoms with E-state index in [4.69, 9.17) is 18.9 Å². The number of nitrogens with one attached hydrogen (secondary N) is 2. The van der Waals surface area contributed by atoms with E-state index in [1.54, 1.807) is 52.1 Å². The second-order valence-electron chi connectivity index (χ2n) is 8.86. The van der Waals surface area contributed by atoms with Crippen LogP contribution in [0.1, 0.15) is 31.9 Å². The van der Waals surface area contributed by atoms with Crippen molar-refractivity contribution in [2.45, 2.75) is 51.5 Å². The largest absolute Gasteiger partial charge is 0.497 e. The molecule has 9 heteroatoms. The molecular formula is C26H34N2O7. The third kappa shape index (κ3) is 10.1. The smallest absolute Gasteiger partial charge is 0.408 e. The number of alkyl carbamates (subject to hydrolysis) is 1. The van der Waals surface area contributed by atoms with Gasteiger partial charge < -0.3 is 29.6 Å². The van der Waals surface area contributed by atoms with Crippen LogP contribution < -0.4 is 15.4 Å². The number of carbonyl (C=O) groups excluding carboxylic acids is 3. The highest BCUT2D eigenvalue weighted by atomic mass is 16.6. The predicted octanol–water partition coefficient (Wildman–Crippen LogP) is 3.01. The first-order chi connectivity index (χ1) is 16.6. The molecule has 0 aliphatic rings. The third-order valence-electron chi connectivity index (χ3n) is 4.76. The van der Waals surface area contributed by atoms with Crippen molar-refractivity contribution >= 4 is 18.0 Å².